The van der Waals surface area contributed by atoms with Gasteiger partial charge in [0, 0.05) is 37.5 Å². The molecule has 0 bridgehead atoms. The summed E-state index contributed by atoms with van der Waals surface area (Å²) >= 11 is 0. The van der Waals surface area contributed by atoms with E-state index >= 15 is 0 Å². The van der Waals surface area contributed by atoms with Crippen LogP contribution in [0.3, 0.4) is 0 Å². The van der Waals surface area contributed by atoms with Crippen molar-refractivity contribution in [1.29, 1.82) is 0 Å². The smallest absolute Gasteiger partial charge is 0.274 e. The zero-order valence-corrected chi connectivity index (χ0v) is 15.5. The highest BCUT2D eigenvalue weighted by Crippen LogP contribution is 2.41. The number of carbonyl (C=O) groups is 2. The van der Waals surface area contributed by atoms with E-state index in [-0.39, 0.29) is 11.4 Å². The van der Waals surface area contributed by atoms with E-state index < -0.39 is 11.5 Å². The Kier molecular flexibility index (Phi) is 4.78. The zero-order valence-electron chi connectivity index (χ0n) is 15.5. The summed E-state index contributed by atoms with van der Waals surface area (Å²) in [5.41, 5.74) is 2.27. The van der Waals surface area contributed by atoms with Gasteiger partial charge in [-0.25, -0.2) is 5.48 Å². The minimum atomic E-state index is -0.685. The van der Waals surface area contributed by atoms with Crippen molar-refractivity contribution in [2.24, 2.45) is 0 Å². The normalized spacial score (nSPS) is 22.3. The van der Waals surface area contributed by atoms with Gasteiger partial charge >= 0.3 is 0 Å². The first-order valence-electron chi connectivity index (χ1n) is 9.75. The maximum Gasteiger partial charge on any atom is 0.274 e. The number of hydroxylamine groups is 1. The van der Waals surface area contributed by atoms with Crippen LogP contribution in [0.25, 0.3) is 5.57 Å². The Balaban J connectivity index is 1.49. The lowest BCUT2D eigenvalue weighted by atomic mass is 9.81. The highest BCUT2D eigenvalue weighted by Gasteiger charge is 2.44. The number of nitrogens with zero attached hydrogens (tertiary/aromatic N) is 1. The summed E-state index contributed by atoms with van der Waals surface area (Å²) in [6, 6.07) is 5.79. The molecule has 1 saturated carbocycles. The fraction of sp³-hybridized carbons (Fsp3) is 0.524. The summed E-state index contributed by atoms with van der Waals surface area (Å²) in [6.07, 6.45) is 7.37. The van der Waals surface area contributed by atoms with Crippen LogP contribution in [0.1, 0.15) is 60.9 Å². The number of amides is 1. The van der Waals surface area contributed by atoms with Gasteiger partial charge < -0.3 is 9.64 Å². The Hall–Kier alpha value is -2.18. The van der Waals surface area contributed by atoms with E-state index in [0.717, 1.165) is 25.9 Å². The summed E-state index contributed by atoms with van der Waals surface area (Å²) in [4.78, 5) is 27.0. The number of ketones is 1. The minimum absolute atomic E-state index is 0.0459. The number of rotatable bonds is 3. The van der Waals surface area contributed by atoms with Crippen LogP contribution in [0.4, 0.5) is 0 Å². The number of hydrogen-bond donors (Lipinski definition) is 2. The summed E-state index contributed by atoms with van der Waals surface area (Å²) in [5.74, 6) is -0.0546. The van der Waals surface area contributed by atoms with E-state index in [1.807, 2.05) is 0 Å². The SMILES string of the molecule is C=C(C(=O)NO)c1ccc2c(c1)C(=O)CC1(CCN(C3CCCC3)CC1)O2. The van der Waals surface area contributed by atoms with E-state index in [4.69, 9.17) is 9.94 Å². The average molecular weight is 370 g/mol. The number of benzene rings is 1. The third kappa shape index (κ3) is 3.39. The second-order valence-corrected chi connectivity index (χ2v) is 7.99. The molecule has 1 aromatic rings. The van der Waals surface area contributed by atoms with E-state index in [9.17, 15) is 9.59 Å². The maximum atomic E-state index is 12.8. The van der Waals surface area contributed by atoms with Crippen molar-refractivity contribution in [2.45, 2.75) is 56.6 Å². The van der Waals surface area contributed by atoms with Crippen LogP contribution in [0.15, 0.2) is 24.8 Å². The molecule has 0 aromatic heterocycles. The first kappa shape index (κ1) is 18.2. The first-order valence-corrected chi connectivity index (χ1v) is 9.75. The molecule has 1 aromatic carbocycles. The molecular formula is C21H26N2O4. The maximum absolute atomic E-state index is 12.8. The van der Waals surface area contributed by atoms with Gasteiger partial charge in [-0.05, 0) is 30.5 Å². The third-order valence-electron chi connectivity index (χ3n) is 6.36. The molecule has 3 aliphatic rings. The van der Waals surface area contributed by atoms with E-state index in [2.05, 4.69) is 11.5 Å². The van der Waals surface area contributed by atoms with Gasteiger partial charge in [0.05, 0.1) is 12.0 Å². The summed E-state index contributed by atoms with van der Waals surface area (Å²) in [5, 5.41) is 8.77. The van der Waals surface area contributed by atoms with Crippen molar-refractivity contribution in [2.75, 3.05) is 13.1 Å². The Morgan fingerprint density at radius 2 is 1.96 bits per heavy atom. The predicted octanol–water partition coefficient (Wildman–Crippen LogP) is 2.95. The Labute approximate surface area is 159 Å². The quantitative estimate of drug-likeness (QED) is 0.486. The van der Waals surface area contributed by atoms with Gasteiger partial charge in [-0.3, -0.25) is 14.8 Å². The molecule has 0 unspecified atom stereocenters. The van der Waals surface area contributed by atoms with Crippen molar-refractivity contribution in [1.82, 2.24) is 10.4 Å². The van der Waals surface area contributed by atoms with Gasteiger partial charge in [0.25, 0.3) is 5.91 Å². The minimum Gasteiger partial charge on any atom is -0.486 e. The number of ether oxygens (including phenoxy) is 1. The lowest BCUT2D eigenvalue weighted by Crippen LogP contribution is -2.52. The molecule has 27 heavy (non-hydrogen) atoms. The van der Waals surface area contributed by atoms with Crippen molar-refractivity contribution < 1.29 is 19.5 Å². The van der Waals surface area contributed by atoms with E-state index in [1.165, 1.54) is 25.7 Å². The molecule has 0 atom stereocenters. The highest BCUT2D eigenvalue weighted by molar-refractivity contribution is 6.18. The van der Waals surface area contributed by atoms with Gasteiger partial charge in [-0.2, -0.15) is 0 Å². The van der Waals surface area contributed by atoms with Crippen LogP contribution >= 0.6 is 0 Å². The number of Topliss-reactive ketones (excluding diaryl/α,β-unsaturated/α-hetero) is 1. The van der Waals surface area contributed by atoms with Crippen LogP contribution in [-0.2, 0) is 4.79 Å². The van der Waals surface area contributed by atoms with E-state index in [0.29, 0.717) is 29.3 Å². The topological polar surface area (TPSA) is 78.9 Å². The standard InChI is InChI=1S/C21H26N2O4/c1-14(20(25)22-26)15-6-7-19-17(12-15)18(24)13-21(27-19)8-10-23(11-9-21)16-4-2-3-5-16/h6-7,12,16,26H,1-5,8-11,13H2,(H,22,25). The van der Waals surface area contributed by atoms with Crippen LogP contribution in [0.5, 0.6) is 5.75 Å². The molecule has 6 heteroatoms. The molecule has 1 amide bonds. The van der Waals surface area contributed by atoms with Crippen LogP contribution in [-0.4, -0.2) is 46.5 Å². The Bertz CT molecular complexity index is 774. The number of carbonyl (C=O) groups excluding carboxylic acids is 2. The molecule has 6 nitrogen and oxygen atoms in total. The number of piperidine rings is 1. The fourth-order valence-electron chi connectivity index (χ4n) is 4.73. The van der Waals surface area contributed by atoms with Gasteiger partial charge in [0.15, 0.2) is 5.78 Å². The molecule has 1 spiro atoms. The first-order chi connectivity index (χ1) is 13.0. The molecule has 1 saturated heterocycles. The second kappa shape index (κ2) is 7.09. The van der Waals surface area contributed by atoms with Crippen molar-refractivity contribution in [3.63, 3.8) is 0 Å². The number of hydrogen-bond acceptors (Lipinski definition) is 5. The molecule has 2 heterocycles. The molecule has 0 radical (unpaired) electrons. The van der Waals surface area contributed by atoms with Crippen molar-refractivity contribution in [3.05, 3.63) is 35.9 Å². The number of fused-ring (bicyclic) bond motifs is 1. The summed E-state index contributed by atoms with van der Waals surface area (Å²) in [6.45, 7) is 5.64. The van der Waals surface area contributed by atoms with E-state index in [1.54, 1.807) is 23.7 Å². The van der Waals surface area contributed by atoms with Crippen LogP contribution in [0.2, 0.25) is 0 Å². The Morgan fingerprint density at radius 3 is 2.63 bits per heavy atom. The lowest BCUT2D eigenvalue weighted by molar-refractivity contribution is -0.123. The highest BCUT2D eigenvalue weighted by atomic mass is 16.5. The average Bonchev–Trinajstić information content (AvgIpc) is 3.22. The molecular weight excluding hydrogens is 344 g/mol. The van der Waals surface area contributed by atoms with Gasteiger partial charge in [0.2, 0.25) is 0 Å². The molecule has 144 valence electrons. The lowest BCUT2D eigenvalue weighted by Gasteiger charge is -2.45. The monoisotopic (exact) mass is 370 g/mol. The second-order valence-electron chi connectivity index (χ2n) is 7.99. The third-order valence-corrected chi connectivity index (χ3v) is 6.36. The largest absolute Gasteiger partial charge is 0.486 e. The summed E-state index contributed by atoms with van der Waals surface area (Å²) < 4.78 is 6.34. The molecule has 1 aliphatic carbocycles. The summed E-state index contributed by atoms with van der Waals surface area (Å²) in [7, 11) is 0. The predicted molar refractivity (Wildman–Crippen MR) is 101 cm³/mol. The Morgan fingerprint density at radius 1 is 1.26 bits per heavy atom. The van der Waals surface area contributed by atoms with Crippen LogP contribution in [0, 0.1) is 0 Å². The van der Waals surface area contributed by atoms with Crippen molar-refractivity contribution >= 4 is 17.3 Å². The van der Waals surface area contributed by atoms with Crippen molar-refractivity contribution in [3.8, 4) is 5.75 Å². The number of nitrogens with one attached hydrogen (secondary N) is 1. The molecule has 2 fully saturated rings. The van der Waals surface area contributed by atoms with Gasteiger partial charge in [-0.15, -0.1) is 0 Å². The molecule has 2 aliphatic heterocycles. The zero-order chi connectivity index (χ0) is 19.0. The van der Waals surface area contributed by atoms with Gasteiger partial charge in [-0.1, -0.05) is 25.5 Å². The number of likely N-dealkylation sites (tertiary alicyclic amines) is 1. The van der Waals surface area contributed by atoms with Crippen LogP contribution < -0.4 is 10.2 Å². The molecule has 4 rings (SSSR count). The fourth-order valence-corrected chi connectivity index (χ4v) is 4.73. The van der Waals surface area contributed by atoms with Gasteiger partial charge in [0.1, 0.15) is 11.4 Å². The molecule has 2 N–H and O–H groups in total.